The van der Waals surface area contributed by atoms with Crippen LogP contribution in [0.2, 0.25) is 0 Å². The molecule has 0 radical (unpaired) electrons. The molecule has 0 bridgehead atoms. The number of carbonyl (C=O) groups excluding carboxylic acids is 2. The van der Waals surface area contributed by atoms with Gasteiger partial charge < -0.3 is 25.5 Å². The normalized spacial score (nSPS) is 39.3. The molecule has 7 nitrogen and oxygen atoms in total. The maximum absolute atomic E-state index is 13.1. The Morgan fingerprint density at radius 3 is 2.50 bits per heavy atom. The van der Waals surface area contributed by atoms with E-state index in [1.807, 2.05) is 6.92 Å². The summed E-state index contributed by atoms with van der Waals surface area (Å²) in [5.74, 6) is -2.99. The van der Waals surface area contributed by atoms with Gasteiger partial charge in [0, 0.05) is 23.1 Å². The summed E-state index contributed by atoms with van der Waals surface area (Å²) in [6.07, 6.45) is -4.82. The fraction of sp³-hybridized carbons (Fsp3) is 0.474. The van der Waals surface area contributed by atoms with Crippen LogP contribution in [0.1, 0.15) is 41.8 Å². The minimum Gasteiger partial charge on any atom is -0.508 e. The number of rotatable bonds is 0. The molecule has 7 heteroatoms. The fourth-order valence-corrected chi connectivity index (χ4v) is 4.74. The second-order valence-electron chi connectivity index (χ2n) is 7.59. The lowest BCUT2D eigenvalue weighted by molar-refractivity contribution is -0.198. The molecule has 5 N–H and O–H groups in total. The number of aliphatic hydroxyl groups excluding tert-OH is 3. The number of fused-ring (bicyclic) bond motifs is 3. The zero-order chi connectivity index (χ0) is 19.0. The van der Waals surface area contributed by atoms with Gasteiger partial charge in [-0.3, -0.25) is 9.59 Å². The van der Waals surface area contributed by atoms with Crippen molar-refractivity contribution in [1.82, 2.24) is 0 Å². The smallest absolute Gasteiger partial charge is 0.174 e. The summed E-state index contributed by atoms with van der Waals surface area (Å²) in [4.78, 5) is 25.8. The van der Waals surface area contributed by atoms with Crippen molar-refractivity contribution in [3.8, 4) is 5.75 Å². The Bertz CT molecular complexity index is 857. The number of carbonyl (C=O) groups is 2. The van der Waals surface area contributed by atoms with Crippen molar-refractivity contribution in [2.24, 2.45) is 11.8 Å². The maximum atomic E-state index is 13.1. The van der Waals surface area contributed by atoms with Gasteiger partial charge in [0.25, 0.3) is 0 Å². The Morgan fingerprint density at radius 2 is 1.81 bits per heavy atom. The van der Waals surface area contributed by atoms with Crippen LogP contribution in [0.5, 0.6) is 5.75 Å². The minimum absolute atomic E-state index is 0.00552. The highest BCUT2D eigenvalue weighted by Gasteiger charge is 2.64. The molecule has 4 rings (SSSR count). The lowest BCUT2D eigenvalue weighted by atomic mass is 9.56. The standard InChI is InChI=1S/C19H20O7/c1-7-5-9-12(11(21)6-7)14-15(22)8-3-2-4-10(20)13(8)17(24)19(14,26)18(25)16(9)23/h2-4,7,14,16-18,20,23-26H,5-6H2,1H3/t7-,14-,16-,17-,18+,19+/m0/s1. The minimum atomic E-state index is -2.50. The quantitative estimate of drug-likeness (QED) is 0.439. The molecular weight excluding hydrogens is 340 g/mol. The highest BCUT2D eigenvalue weighted by molar-refractivity contribution is 6.11. The van der Waals surface area contributed by atoms with Crippen molar-refractivity contribution in [2.45, 2.75) is 43.7 Å². The van der Waals surface area contributed by atoms with Crippen LogP contribution < -0.4 is 0 Å². The van der Waals surface area contributed by atoms with E-state index in [0.717, 1.165) is 0 Å². The molecule has 0 aliphatic heterocycles. The van der Waals surface area contributed by atoms with Crippen LogP contribution in [0.4, 0.5) is 0 Å². The van der Waals surface area contributed by atoms with Gasteiger partial charge in [-0.05, 0) is 24.0 Å². The van der Waals surface area contributed by atoms with Crippen molar-refractivity contribution in [3.05, 3.63) is 40.5 Å². The molecule has 26 heavy (non-hydrogen) atoms. The van der Waals surface area contributed by atoms with E-state index in [4.69, 9.17) is 0 Å². The molecule has 0 amide bonds. The van der Waals surface area contributed by atoms with Gasteiger partial charge in [-0.25, -0.2) is 0 Å². The number of hydrogen-bond acceptors (Lipinski definition) is 7. The molecule has 1 aromatic carbocycles. The van der Waals surface area contributed by atoms with Crippen molar-refractivity contribution in [2.75, 3.05) is 0 Å². The lowest BCUT2D eigenvalue weighted by Gasteiger charge is -2.52. The van der Waals surface area contributed by atoms with Crippen LogP contribution in [0.25, 0.3) is 0 Å². The highest BCUT2D eigenvalue weighted by Crippen LogP contribution is 2.54. The molecule has 138 valence electrons. The first-order valence-electron chi connectivity index (χ1n) is 8.58. The molecule has 0 saturated heterocycles. The molecule has 0 aromatic heterocycles. The Labute approximate surface area is 149 Å². The van der Waals surface area contributed by atoms with Crippen LogP contribution in [0.15, 0.2) is 29.3 Å². The number of phenolic OH excluding ortho intramolecular Hbond substituents is 1. The van der Waals surface area contributed by atoms with Gasteiger partial charge in [-0.2, -0.15) is 0 Å². The van der Waals surface area contributed by atoms with Crippen LogP contribution in [0, 0.1) is 11.8 Å². The molecule has 0 saturated carbocycles. The molecule has 3 aliphatic rings. The first kappa shape index (κ1) is 17.4. The van der Waals surface area contributed by atoms with Crippen molar-refractivity contribution >= 4 is 11.6 Å². The third-order valence-corrected chi connectivity index (χ3v) is 5.95. The van der Waals surface area contributed by atoms with E-state index in [1.165, 1.54) is 18.2 Å². The average Bonchev–Trinajstić information content (AvgIpc) is 2.58. The zero-order valence-corrected chi connectivity index (χ0v) is 14.1. The average molecular weight is 360 g/mol. The summed E-state index contributed by atoms with van der Waals surface area (Å²) in [6, 6.07) is 4.08. The van der Waals surface area contributed by atoms with Gasteiger partial charge in [0.1, 0.15) is 29.7 Å². The van der Waals surface area contributed by atoms with Crippen molar-refractivity contribution in [3.63, 3.8) is 0 Å². The van der Waals surface area contributed by atoms with Gasteiger partial charge in [0.15, 0.2) is 11.6 Å². The Kier molecular flexibility index (Phi) is 3.65. The van der Waals surface area contributed by atoms with E-state index in [2.05, 4.69) is 0 Å². The third kappa shape index (κ3) is 1.97. The number of aliphatic hydroxyl groups is 4. The second kappa shape index (κ2) is 5.47. The summed E-state index contributed by atoms with van der Waals surface area (Å²) >= 11 is 0. The molecule has 0 spiro atoms. The van der Waals surface area contributed by atoms with Gasteiger partial charge in [0.05, 0.1) is 5.92 Å². The van der Waals surface area contributed by atoms with Gasteiger partial charge in [-0.1, -0.05) is 19.1 Å². The summed E-state index contributed by atoms with van der Waals surface area (Å²) in [5, 5.41) is 53.2. The third-order valence-electron chi connectivity index (χ3n) is 5.95. The Morgan fingerprint density at radius 1 is 1.12 bits per heavy atom. The van der Waals surface area contributed by atoms with Crippen molar-refractivity contribution in [1.29, 1.82) is 0 Å². The van der Waals surface area contributed by atoms with Crippen LogP contribution in [-0.2, 0) is 4.79 Å². The first-order chi connectivity index (χ1) is 12.2. The maximum Gasteiger partial charge on any atom is 0.174 e. The first-order valence-corrected chi connectivity index (χ1v) is 8.58. The summed E-state index contributed by atoms with van der Waals surface area (Å²) in [7, 11) is 0. The zero-order valence-electron chi connectivity index (χ0n) is 14.1. The molecule has 0 unspecified atom stereocenters. The molecule has 1 aromatic rings. The summed E-state index contributed by atoms with van der Waals surface area (Å²) < 4.78 is 0. The summed E-state index contributed by atoms with van der Waals surface area (Å²) in [6.45, 7) is 1.83. The molecule has 6 atom stereocenters. The van der Waals surface area contributed by atoms with E-state index in [9.17, 15) is 35.1 Å². The second-order valence-corrected chi connectivity index (χ2v) is 7.59. The number of benzene rings is 1. The Balaban J connectivity index is 2.01. The van der Waals surface area contributed by atoms with E-state index < -0.39 is 41.4 Å². The largest absolute Gasteiger partial charge is 0.508 e. The number of Topliss-reactive ketones (excluding diaryl/α,β-unsaturated/α-hetero) is 2. The Hall–Kier alpha value is -2.06. The van der Waals surface area contributed by atoms with E-state index in [0.29, 0.717) is 6.42 Å². The van der Waals surface area contributed by atoms with Crippen molar-refractivity contribution < 1.29 is 35.1 Å². The molecular formula is C19H20O7. The fourth-order valence-electron chi connectivity index (χ4n) is 4.74. The van der Waals surface area contributed by atoms with Gasteiger partial charge in [-0.15, -0.1) is 0 Å². The number of hydrogen-bond donors (Lipinski definition) is 5. The van der Waals surface area contributed by atoms with Crippen LogP contribution >= 0.6 is 0 Å². The number of ketones is 2. The summed E-state index contributed by atoms with van der Waals surface area (Å²) in [5.41, 5.74) is -2.48. The van der Waals surface area contributed by atoms with E-state index in [1.54, 1.807) is 0 Å². The van der Waals surface area contributed by atoms with Crippen LogP contribution in [0.3, 0.4) is 0 Å². The molecule has 0 heterocycles. The number of phenols is 1. The molecule has 0 fully saturated rings. The van der Waals surface area contributed by atoms with E-state index >= 15 is 0 Å². The predicted molar refractivity (Wildman–Crippen MR) is 88.3 cm³/mol. The SMILES string of the molecule is C[C@@H]1CC(=O)C2=C(C1)[C@H](O)[C@@H](O)[C@@]1(O)[C@@H]2C(=O)c2cccc(O)c2[C@@H]1O. The molecule has 3 aliphatic carbocycles. The van der Waals surface area contributed by atoms with Gasteiger partial charge in [0.2, 0.25) is 0 Å². The van der Waals surface area contributed by atoms with Crippen LogP contribution in [-0.4, -0.2) is 54.9 Å². The number of aromatic hydroxyl groups is 1. The lowest BCUT2D eigenvalue weighted by Crippen LogP contribution is -2.66. The topological polar surface area (TPSA) is 135 Å². The van der Waals surface area contributed by atoms with E-state index in [-0.39, 0.29) is 40.4 Å². The predicted octanol–water partition coefficient (Wildman–Crippen LogP) is 0.000200. The monoisotopic (exact) mass is 360 g/mol. The highest BCUT2D eigenvalue weighted by atomic mass is 16.4. The van der Waals surface area contributed by atoms with Gasteiger partial charge >= 0.3 is 0 Å².